The van der Waals surface area contributed by atoms with E-state index in [0.29, 0.717) is 11.1 Å². The minimum absolute atomic E-state index is 0.524. The van der Waals surface area contributed by atoms with Crippen LogP contribution in [0.1, 0.15) is 22.6 Å². The molecule has 0 unspecified atom stereocenters. The molecule has 0 saturated carbocycles. The Kier molecular flexibility index (Phi) is 4.71. The van der Waals surface area contributed by atoms with E-state index in [-0.39, 0.29) is 0 Å². The van der Waals surface area contributed by atoms with Crippen LogP contribution in [0.3, 0.4) is 0 Å². The lowest BCUT2D eigenvalue weighted by atomic mass is 10.2. The van der Waals surface area contributed by atoms with E-state index in [9.17, 15) is 0 Å². The number of thioether (sulfide) groups is 1. The normalized spacial score (nSPS) is 11.1. The summed E-state index contributed by atoms with van der Waals surface area (Å²) in [5.41, 5.74) is 3.62. The highest BCUT2D eigenvalue weighted by Crippen LogP contribution is 2.22. The second-order valence-corrected chi connectivity index (χ2v) is 5.85. The van der Waals surface area contributed by atoms with Crippen LogP contribution in [0, 0.1) is 6.92 Å². The Morgan fingerprint density at radius 3 is 2.68 bits per heavy atom. The van der Waals surface area contributed by atoms with Gasteiger partial charge >= 0.3 is 0 Å². The standard InChI is InChI=1S/C18H16N2OS/c1-14-6-5-9-16(12-14)13-22-18-20-19-17(21-18)11-10-15-7-3-2-4-8-15/h2-12H,13H2,1H3. The molecular weight excluding hydrogens is 292 g/mol. The smallest absolute Gasteiger partial charge is 0.277 e. The lowest BCUT2D eigenvalue weighted by Crippen LogP contribution is -1.81. The van der Waals surface area contributed by atoms with E-state index in [4.69, 9.17) is 4.42 Å². The van der Waals surface area contributed by atoms with Crippen LogP contribution in [0.2, 0.25) is 0 Å². The van der Waals surface area contributed by atoms with Crippen LogP contribution < -0.4 is 0 Å². The van der Waals surface area contributed by atoms with Crippen LogP contribution in [0.15, 0.2) is 64.2 Å². The summed E-state index contributed by atoms with van der Waals surface area (Å²) in [7, 11) is 0. The monoisotopic (exact) mass is 308 g/mol. The Hall–Kier alpha value is -2.33. The summed E-state index contributed by atoms with van der Waals surface area (Å²) in [6.07, 6.45) is 3.79. The molecule has 0 N–H and O–H groups in total. The molecule has 110 valence electrons. The second kappa shape index (κ2) is 7.09. The van der Waals surface area contributed by atoms with Gasteiger partial charge in [0.25, 0.3) is 5.22 Å². The predicted octanol–water partition coefficient (Wildman–Crippen LogP) is 4.84. The van der Waals surface area contributed by atoms with Gasteiger partial charge < -0.3 is 4.42 Å². The fourth-order valence-electron chi connectivity index (χ4n) is 2.02. The molecule has 2 aromatic carbocycles. The molecule has 0 aliphatic rings. The Bertz CT molecular complexity index is 766. The first-order valence-electron chi connectivity index (χ1n) is 7.04. The first kappa shape index (κ1) is 14.6. The van der Waals surface area contributed by atoms with Crippen molar-refractivity contribution in [2.24, 2.45) is 0 Å². The molecule has 0 bridgehead atoms. The number of nitrogens with zero attached hydrogens (tertiary/aromatic N) is 2. The van der Waals surface area contributed by atoms with E-state index < -0.39 is 0 Å². The van der Waals surface area contributed by atoms with Gasteiger partial charge in [-0.3, -0.25) is 0 Å². The highest BCUT2D eigenvalue weighted by Gasteiger charge is 2.04. The summed E-state index contributed by atoms with van der Waals surface area (Å²) < 4.78 is 5.61. The highest BCUT2D eigenvalue weighted by atomic mass is 32.2. The van der Waals surface area contributed by atoms with Crippen LogP contribution >= 0.6 is 11.8 Å². The fraction of sp³-hybridized carbons (Fsp3) is 0.111. The molecular formula is C18H16N2OS. The van der Waals surface area contributed by atoms with Crippen molar-refractivity contribution in [3.8, 4) is 0 Å². The topological polar surface area (TPSA) is 38.9 Å². The van der Waals surface area contributed by atoms with Gasteiger partial charge in [-0.05, 0) is 24.1 Å². The number of aryl methyl sites for hydroxylation is 1. The number of hydrogen-bond donors (Lipinski definition) is 0. The minimum atomic E-state index is 0.524. The fourth-order valence-corrected chi connectivity index (χ4v) is 2.74. The predicted molar refractivity (Wildman–Crippen MR) is 90.4 cm³/mol. The molecule has 0 radical (unpaired) electrons. The molecule has 0 atom stereocenters. The van der Waals surface area contributed by atoms with Gasteiger partial charge in [-0.1, -0.05) is 71.9 Å². The van der Waals surface area contributed by atoms with Crippen LogP contribution in [-0.2, 0) is 5.75 Å². The van der Waals surface area contributed by atoms with E-state index in [1.165, 1.54) is 11.1 Å². The molecule has 3 nitrogen and oxygen atoms in total. The van der Waals surface area contributed by atoms with Gasteiger partial charge in [0.15, 0.2) is 0 Å². The van der Waals surface area contributed by atoms with E-state index in [2.05, 4.69) is 41.4 Å². The molecule has 0 fully saturated rings. The molecule has 0 saturated heterocycles. The quantitative estimate of drug-likeness (QED) is 0.632. The largest absolute Gasteiger partial charge is 0.412 e. The van der Waals surface area contributed by atoms with Gasteiger partial charge in [-0.15, -0.1) is 10.2 Å². The Morgan fingerprint density at radius 2 is 1.86 bits per heavy atom. The maximum atomic E-state index is 5.61. The lowest BCUT2D eigenvalue weighted by Gasteiger charge is -1.99. The first-order chi connectivity index (χ1) is 10.8. The van der Waals surface area contributed by atoms with Crippen molar-refractivity contribution < 1.29 is 4.42 Å². The van der Waals surface area contributed by atoms with Gasteiger partial charge in [-0.25, -0.2) is 0 Å². The van der Waals surface area contributed by atoms with Crippen LogP contribution in [0.25, 0.3) is 12.2 Å². The highest BCUT2D eigenvalue weighted by molar-refractivity contribution is 7.98. The van der Waals surface area contributed by atoms with Gasteiger partial charge in [0.1, 0.15) is 0 Å². The third-order valence-electron chi connectivity index (χ3n) is 3.08. The molecule has 4 heteroatoms. The molecule has 0 spiro atoms. The van der Waals surface area contributed by atoms with Crippen LogP contribution in [0.4, 0.5) is 0 Å². The van der Waals surface area contributed by atoms with Crippen molar-refractivity contribution in [2.75, 3.05) is 0 Å². The van der Waals surface area contributed by atoms with Gasteiger partial charge in [0.2, 0.25) is 5.89 Å². The van der Waals surface area contributed by atoms with E-state index >= 15 is 0 Å². The number of hydrogen-bond acceptors (Lipinski definition) is 4. The third kappa shape index (κ3) is 4.09. The maximum Gasteiger partial charge on any atom is 0.277 e. The van der Waals surface area contributed by atoms with Crippen molar-refractivity contribution in [3.63, 3.8) is 0 Å². The number of benzene rings is 2. The van der Waals surface area contributed by atoms with Gasteiger partial charge in [-0.2, -0.15) is 0 Å². The van der Waals surface area contributed by atoms with Gasteiger partial charge in [0.05, 0.1) is 0 Å². The second-order valence-electron chi connectivity index (χ2n) is 4.93. The molecule has 1 heterocycles. The summed E-state index contributed by atoms with van der Waals surface area (Å²) in [4.78, 5) is 0. The zero-order valence-electron chi connectivity index (χ0n) is 12.3. The molecule has 0 aliphatic heterocycles. The maximum absolute atomic E-state index is 5.61. The zero-order valence-corrected chi connectivity index (χ0v) is 13.1. The average Bonchev–Trinajstić information content (AvgIpc) is 3.00. The molecule has 3 rings (SSSR count). The first-order valence-corrected chi connectivity index (χ1v) is 8.03. The zero-order chi connectivity index (χ0) is 15.2. The molecule has 0 amide bonds. The lowest BCUT2D eigenvalue weighted by molar-refractivity contribution is 0.446. The number of aromatic nitrogens is 2. The molecule has 0 aliphatic carbocycles. The van der Waals surface area contributed by atoms with E-state index in [0.717, 1.165) is 11.3 Å². The summed E-state index contributed by atoms with van der Waals surface area (Å²) in [5.74, 6) is 1.35. The summed E-state index contributed by atoms with van der Waals surface area (Å²) >= 11 is 1.55. The van der Waals surface area contributed by atoms with Crippen molar-refractivity contribution in [1.82, 2.24) is 10.2 Å². The van der Waals surface area contributed by atoms with Crippen LogP contribution in [-0.4, -0.2) is 10.2 Å². The third-order valence-corrected chi connectivity index (χ3v) is 3.97. The Labute approximate surface area is 134 Å². The Morgan fingerprint density at radius 1 is 1.00 bits per heavy atom. The van der Waals surface area contributed by atoms with E-state index in [1.807, 2.05) is 42.5 Å². The summed E-state index contributed by atoms with van der Waals surface area (Å²) in [6.45, 7) is 2.09. The van der Waals surface area contributed by atoms with Crippen molar-refractivity contribution in [1.29, 1.82) is 0 Å². The van der Waals surface area contributed by atoms with E-state index in [1.54, 1.807) is 11.8 Å². The van der Waals surface area contributed by atoms with Crippen molar-refractivity contribution >= 4 is 23.9 Å². The molecule has 22 heavy (non-hydrogen) atoms. The van der Waals surface area contributed by atoms with Crippen LogP contribution in [0.5, 0.6) is 0 Å². The Balaban J connectivity index is 1.60. The van der Waals surface area contributed by atoms with Gasteiger partial charge in [0, 0.05) is 11.8 Å². The number of rotatable bonds is 5. The SMILES string of the molecule is Cc1cccc(CSc2nnc(C=Cc3ccccc3)o2)c1. The van der Waals surface area contributed by atoms with Crippen molar-refractivity contribution in [3.05, 3.63) is 77.2 Å². The molecule has 3 aromatic rings. The average molecular weight is 308 g/mol. The minimum Gasteiger partial charge on any atom is -0.412 e. The summed E-state index contributed by atoms with van der Waals surface area (Å²) in [6, 6.07) is 18.5. The van der Waals surface area contributed by atoms with Crippen molar-refractivity contribution in [2.45, 2.75) is 17.9 Å². The molecule has 1 aromatic heterocycles. The summed E-state index contributed by atoms with van der Waals surface area (Å²) in [5, 5.41) is 8.69.